The van der Waals surface area contributed by atoms with Gasteiger partial charge in [-0.15, -0.1) is 0 Å². The van der Waals surface area contributed by atoms with E-state index in [2.05, 4.69) is 9.71 Å². The Morgan fingerprint density at radius 2 is 1.61 bits per heavy atom. The minimum absolute atomic E-state index is 0.0994. The molecule has 0 unspecified atom stereocenters. The highest BCUT2D eigenvalue weighted by Crippen LogP contribution is 2.28. The number of nitrogens with zero attached hydrogens (tertiary/aromatic N) is 1. The summed E-state index contributed by atoms with van der Waals surface area (Å²) in [6.07, 6.45) is 1.48. The number of sulfonamides is 1. The smallest absolute Gasteiger partial charge is 0.282 e. The lowest BCUT2D eigenvalue weighted by molar-refractivity contribution is 0.103. The fourth-order valence-corrected chi connectivity index (χ4v) is 4.75. The van der Waals surface area contributed by atoms with Crippen molar-refractivity contribution < 1.29 is 13.2 Å². The molecule has 4 rings (SSSR count). The molecule has 0 amide bonds. The van der Waals surface area contributed by atoms with Gasteiger partial charge in [0.05, 0.1) is 16.3 Å². The van der Waals surface area contributed by atoms with Gasteiger partial charge in [0.1, 0.15) is 0 Å². The molecule has 0 aromatic heterocycles. The molecule has 1 aliphatic rings. The summed E-state index contributed by atoms with van der Waals surface area (Å²) in [7, 11) is -3.99. The molecule has 3 aromatic carbocycles. The van der Waals surface area contributed by atoms with E-state index in [-0.39, 0.29) is 28.0 Å². The van der Waals surface area contributed by atoms with Gasteiger partial charge in [-0.1, -0.05) is 67.9 Å². The monoisotopic (exact) mass is 478 g/mol. The predicted molar refractivity (Wildman–Crippen MR) is 133 cm³/mol. The number of hydrogen-bond acceptors (Lipinski definition) is 4. The van der Waals surface area contributed by atoms with Crippen molar-refractivity contribution in [2.45, 2.75) is 31.6 Å². The van der Waals surface area contributed by atoms with Crippen LogP contribution in [-0.4, -0.2) is 19.9 Å². The van der Waals surface area contributed by atoms with Gasteiger partial charge in [0.15, 0.2) is 0 Å². The molecule has 1 aliphatic carbocycles. The van der Waals surface area contributed by atoms with Crippen LogP contribution in [0.25, 0.3) is 0 Å². The summed E-state index contributed by atoms with van der Waals surface area (Å²) in [5.41, 5.74) is 3.86. The number of rotatable bonds is 5. The topological polar surface area (TPSA) is 75.6 Å². The van der Waals surface area contributed by atoms with Crippen LogP contribution >= 0.6 is 11.6 Å². The summed E-state index contributed by atoms with van der Waals surface area (Å²) in [4.78, 5) is 13.2. The highest BCUT2D eigenvalue weighted by atomic mass is 35.5. The third kappa shape index (κ3) is 4.77. The zero-order valence-electron chi connectivity index (χ0n) is 18.5. The van der Waals surface area contributed by atoms with Gasteiger partial charge >= 0.3 is 0 Å². The lowest BCUT2D eigenvalue weighted by Gasteiger charge is -2.19. The minimum atomic E-state index is -3.99. The van der Waals surface area contributed by atoms with Crippen molar-refractivity contribution in [1.82, 2.24) is 0 Å². The molecule has 5 nitrogen and oxygen atoms in total. The second-order valence-electron chi connectivity index (χ2n) is 8.19. The van der Waals surface area contributed by atoms with Gasteiger partial charge in [0, 0.05) is 21.8 Å². The lowest BCUT2D eigenvalue weighted by atomic mass is 9.92. The van der Waals surface area contributed by atoms with Gasteiger partial charge in [0.25, 0.3) is 10.0 Å². The van der Waals surface area contributed by atoms with Gasteiger partial charge in [0.2, 0.25) is 5.78 Å². The summed E-state index contributed by atoms with van der Waals surface area (Å²) in [5.74, 6) is 0.0402. The molecule has 0 fully saturated rings. The molecule has 0 bridgehead atoms. The summed E-state index contributed by atoms with van der Waals surface area (Å²) < 4.78 is 30.3. The van der Waals surface area contributed by atoms with Crippen LogP contribution in [0.2, 0.25) is 5.02 Å². The number of anilines is 1. The van der Waals surface area contributed by atoms with E-state index in [0.29, 0.717) is 21.8 Å². The number of fused-ring (bicyclic) bond motifs is 1. The number of carbonyl (C=O) groups is 1. The number of nitrogens with one attached hydrogen (secondary N) is 1. The van der Waals surface area contributed by atoms with E-state index < -0.39 is 10.0 Å². The SMILES string of the molecule is Cc1ccc(Cl)cc1NC1=C/C(=N\S(=O)(=O)c2ccc(C(C)C)cc2)c2ccccc2C1=O. The first-order valence-corrected chi connectivity index (χ1v) is 12.3. The van der Waals surface area contributed by atoms with Gasteiger partial charge in [-0.3, -0.25) is 4.79 Å². The molecule has 0 radical (unpaired) electrons. The Morgan fingerprint density at radius 3 is 2.27 bits per heavy atom. The van der Waals surface area contributed by atoms with E-state index in [1.165, 1.54) is 6.08 Å². The van der Waals surface area contributed by atoms with E-state index in [4.69, 9.17) is 11.6 Å². The molecular weight excluding hydrogens is 456 g/mol. The van der Waals surface area contributed by atoms with Gasteiger partial charge in [-0.25, -0.2) is 0 Å². The summed E-state index contributed by atoms with van der Waals surface area (Å²) in [6, 6.07) is 18.9. The Kier molecular flexibility index (Phi) is 6.23. The Morgan fingerprint density at radius 1 is 0.939 bits per heavy atom. The first kappa shape index (κ1) is 23.0. The molecule has 0 heterocycles. The third-order valence-electron chi connectivity index (χ3n) is 5.51. The van der Waals surface area contributed by atoms with Crippen molar-refractivity contribution >= 4 is 38.8 Å². The van der Waals surface area contributed by atoms with Crippen LogP contribution in [0.3, 0.4) is 0 Å². The number of benzene rings is 3. The van der Waals surface area contributed by atoms with Crippen LogP contribution in [0.15, 0.2) is 87.8 Å². The largest absolute Gasteiger partial charge is 0.352 e. The number of aryl methyl sites for hydroxylation is 1. The normalized spacial score (nSPS) is 14.9. The molecule has 168 valence electrons. The third-order valence-corrected chi connectivity index (χ3v) is 7.05. The van der Waals surface area contributed by atoms with Crippen molar-refractivity contribution in [2.75, 3.05) is 5.32 Å². The molecule has 33 heavy (non-hydrogen) atoms. The van der Waals surface area contributed by atoms with Crippen LogP contribution in [0.1, 0.15) is 46.8 Å². The van der Waals surface area contributed by atoms with E-state index in [0.717, 1.165) is 11.1 Å². The summed E-state index contributed by atoms with van der Waals surface area (Å²) in [5, 5.41) is 3.63. The molecule has 3 aromatic rings. The standard InChI is InChI=1S/C26H23ClN2O3S/c1-16(2)18-9-12-20(13-10-18)33(31,32)29-24-15-25(26(30)22-7-5-4-6-21(22)24)28-23-14-19(27)11-8-17(23)3/h4-16,28H,1-3H3/b29-24+. The van der Waals surface area contributed by atoms with Crippen LogP contribution in [0.4, 0.5) is 5.69 Å². The molecule has 0 atom stereocenters. The average Bonchev–Trinajstić information content (AvgIpc) is 2.79. The molecular formula is C26H23ClN2O3S. The van der Waals surface area contributed by atoms with Crippen molar-refractivity contribution in [3.05, 3.63) is 106 Å². The Labute approximate surface area is 198 Å². The highest BCUT2D eigenvalue weighted by Gasteiger charge is 2.26. The van der Waals surface area contributed by atoms with E-state index in [1.54, 1.807) is 60.7 Å². The van der Waals surface area contributed by atoms with E-state index in [1.807, 2.05) is 26.8 Å². The number of hydrogen-bond donors (Lipinski definition) is 1. The zero-order chi connectivity index (χ0) is 23.8. The first-order valence-electron chi connectivity index (χ1n) is 10.5. The van der Waals surface area contributed by atoms with Crippen LogP contribution in [-0.2, 0) is 10.0 Å². The number of halogens is 1. The van der Waals surface area contributed by atoms with E-state index in [9.17, 15) is 13.2 Å². The van der Waals surface area contributed by atoms with Gasteiger partial charge < -0.3 is 5.32 Å². The van der Waals surface area contributed by atoms with E-state index >= 15 is 0 Å². The molecule has 7 heteroatoms. The highest BCUT2D eigenvalue weighted by molar-refractivity contribution is 7.90. The van der Waals surface area contributed by atoms with Crippen LogP contribution in [0, 0.1) is 6.92 Å². The van der Waals surface area contributed by atoms with Crippen molar-refractivity contribution in [1.29, 1.82) is 0 Å². The van der Waals surface area contributed by atoms with Crippen LogP contribution < -0.4 is 5.32 Å². The number of allylic oxidation sites excluding steroid dienone is 2. The van der Waals surface area contributed by atoms with Gasteiger partial charge in [-0.05, 0) is 54.3 Å². The lowest BCUT2D eigenvalue weighted by Crippen LogP contribution is -2.23. The molecule has 0 aliphatic heterocycles. The fraction of sp³-hybridized carbons (Fsp3) is 0.154. The van der Waals surface area contributed by atoms with Crippen molar-refractivity contribution in [3.63, 3.8) is 0 Å². The molecule has 0 saturated heterocycles. The second-order valence-corrected chi connectivity index (χ2v) is 10.2. The minimum Gasteiger partial charge on any atom is -0.352 e. The summed E-state index contributed by atoms with van der Waals surface area (Å²) >= 11 is 6.12. The first-order chi connectivity index (χ1) is 15.7. The fourth-order valence-electron chi connectivity index (χ4n) is 3.58. The molecule has 0 saturated carbocycles. The predicted octanol–water partition coefficient (Wildman–Crippen LogP) is 6.14. The number of carbonyl (C=O) groups excluding carboxylic acids is 1. The maximum Gasteiger partial charge on any atom is 0.282 e. The number of ketones is 1. The van der Waals surface area contributed by atoms with Crippen molar-refractivity contribution in [2.24, 2.45) is 4.40 Å². The summed E-state index contributed by atoms with van der Waals surface area (Å²) in [6.45, 7) is 5.97. The second kappa shape index (κ2) is 8.96. The number of Topliss-reactive ketones (excluding diaryl/α,β-unsaturated/α-hetero) is 1. The average molecular weight is 479 g/mol. The Bertz CT molecular complexity index is 1410. The Hall–Kier alpha value is -3.22. The Balaban J connectivity index is 1.80. The molecule has 0 spiro atoms. The maximum absolute atomic E-state index is 13.1. The van der Waals surface area contributed by atoms with Crippen molar-refractivity contribution in [3.8, 4) is 0 Å². The maximum atomic E-state index is 13.1. The zero-order valence-corrected chi connectivity index (χ0v) is 20.0. The van der Waals surface area contributed by atoms with Gasteiger partial charge in [-0.2, -0.15) is 12.8 Å². The van der Waals surface area contributed by atoms with Crippen LogP contribution in [0.5, 0.6) is 0 Å². The molecule has 1 N–H and O–H groups in total. The quantitative estimate of drug-likeness (QED) is 0.477.